The van der Waals surface area contributed by atoms with Gasteiger partial charge in [-0.2, -0.15) is 0 Å². The van der Waals surface area contributed by atoms with Gasteiger partial charge in [-0.3, -0.25) is 9.69 Å². The van der Waals surface area contributed by atoms with E-state index in [0.717, 1.165) is 56.6 Å². The number of benzene rings is 2. The van der Waals surface area contributed by atoms with E-state index in [2.05, 4.69) is 44.1 Å². The Morgan fingerprint density at radius 3 is 2.44 bits per heavy atom. The van der Waals surface area contributed by atoms with Gasteiger partial charge in [-0.15, -0.1) is 0 Å². The molecule has 0 aromatic heterocycles. The summed E-state index contributed by atoms with van der Waals surface area (Å²) >= 11 is 0. The van der Waals surface area contributed by atoms with Crippen LogP contribution in [0.15, 0.2) is 53.6 Å². The summed E-state index contributed by atoms with van der Waals surface area (Å²) < 4.78 is 0. The van der Waals surface area contributed by atoms with Crippen LogP contribution in [0.3, 0.4) is 0 Å². The molecule has 2 saturated heterocycles. The molecule has 0 bridgehead atoms. The van der Waals surface area contributed by atoms with Crippen LogP contribution in [0.5, 0.6) is 0 Å². The molecular formula is C27H33N5O2. The zero-order valence-corrected chi connectivity index (χ0v) is 19.6. The second-order valence-corrected chi connectivity index (χ2v) is 10.2. The van der Waals surface area contributed by atoms with Crippen molar-refractivity contribution in [2.45, 2.75) is 44.2 Å². The first-order valence-corrected chi connectivity index (χ1v) is 12.5. The standard InChI is InChI=1S/C27H33N5O2/c28-30-29-26(33)22-7-3-21(4-8-22)17-32-18-23-11-13-27(34,25(23)19-32)24-9-5-20(6-10-24)12-16-31-14-1-2-15-31/h3-10,23,25,34H,1-2,11-19H2. The Morgan fingerprint density at radius 2 is 1.74 bits per heavy atom. The highest BCUT2D eigenvalue weighted by molar-refractivity contribution is 5.94. The molecule has 1 saturated carbocycles. The SMILES string of the molecule is [N-]=[N+]=NC(=O)c1ccc(CN2CC3CCC(O)(c4ccc(CCN5CCCC5)cc4)C3C2)cc1. The molecule has 1 N–H and O–H groups in total. The first-order chi connectivity index (χ1) is 16.5. The molecule has 2 aromatic rings. The van der Waals surface area contributed by atoms with Gasteiger partial charge < -0.3 is 10.0 Å². The van der Waals surface area contributed by atoms with Crippen molar-refractivity contribution in [3.05, 3.63) is 81.2 Å². The number of likely N-dealkylation sites (tertiary alicyclic amines) is 2. The Balaban J connectivity index is 1.20. The lowest BCUT2D eigenvalue weighted by Crippen LogP contribution is -2.34. The number of fused-ring (bicyclic) bond motifs is 1. The third-order valence-corrected chi connectivity index (χ3v) is 8.14. The summed E-state index contributed by atoms with van der Waals surface area (Å²) in [5.41, 5.74) is 11.6. The molecule has 34 heavy (non-hydrogen) atoms. The molecule has 2 aromatic carbocycles. The number of nitrogens with zero attached hydrogens (tertiary/aromatic N) is 5. The third-order valence-electron chi connectivity index (χ3n) is 8.14. The number of azide groups is 1. The fraction of sp³-hybridized carbons (Fsp3) is 0.519. The maximum Gasteiger partial charge on any atom is 0.249 e. The van der Waals surface area contributed by atoms with E-state index in [1.165, 1.54) is 31.5 Å². The summed E-state index contributed by atoms with van der Waals surface area (Å²) in [5.74, 6) is 0.191. The molecule has 1 aliphatic carbocycles. The van der Waals surface area contributed by atoms with Gasteiger partial charge in [-0.1, -0.05) is 48.5 Å². The smallest absolute Gasteiger partial charge is 0.249 e. The van der Waals surface area contributed by atoms with Crippen molar-refractivity contribution >= 4 is 5.91 Å². The van der Waals surface area contributed by atoms with Gasteiger partial charge >= 0.3 is 0 Å². The maximum absolute atomic E-state index is 11.7. The number of carbonyl (C=O) groups excluding carboxylic acids is 1. The van der Waals surface area contributed by atoms with Crippen LogP contribution in [0, 0.1) is 11.8 Å². The number of amides is 1. The topological polar surface area (TPSA) is 92.5 Å². The van der Waals surface area contributed by atoms with Crippen LogP contribution < -0.4 is 0 Å². The average molecular weight is 460 g/mol. The third kappa shape index (κ3) is 4.75. The zero-order chi connectivity index (χ0) is 23.5. The largest absolute Gasteiger partial charge is 0.385 e. The van der Waals surface area contributed by atoms with E-state index in [1.807, 2.05) is 12.1 Å². The van der Waals surface area contributed by atoms with Crippen molar-refractivity contribution in [2.24, 2.45) is 17.0 Å². The fourth-order valence-corrected chi connectivity index (χ4v) is 6.24. The van der Waals surface area contributed by atoms with Gasteiger partial charge in [-0.05, 0) is 78.4 Å². The molecule has 0 spiro atoms. The molecule has 2 heterocycles. The van der Waals surface area contributed by atoms with Crippen LogP contribution in [0.4, 0.5) is 0 Å². The molecule has 3 atom stereocenters. The molecule has 178 valence electrons. The van der Waals surface area contributed by atoms with Crippen LogP contribution in [0.25, 0.3) is 10.4 Å². The van der Waals surface area contributed by atoms with E-state index in [1.54, 1.807) is 12.1 Å². The average Bonchev–Trinajstić information content (AvgIpc) is 3.58. The van der Waals surface area contributed by atoms with Crippen molar-refractivity contribution in [3.8, 4) is 0 Å². The lowest BCUT2D eigenvalue weighted by molar-refractivity contribution is -0.00684. The van der Waals surface area contributed by atoms with Crippen molar-refractivity contribution in [3.63, 3.8) is 0 Å². The highest BCUT2D eigenvalue weighted by atomic mass is 16.3. The monoisotopic (exact) mass is 459 g/mol. The normalized spacial score (nSPS) is 27.0. The van der Waals surface area contributed by atoms with Gasteiger partial charge in [0.2, 0.25) is 5.91 Å². The van der Waals surface area contributed by atoms with Gasteiger partial charge in [0.25, 0.3) is 0 Å². The van der Waals surface area contributed by atoms with Crippen LogP contribution in [0.2, 0.25) is 0 Å². The van der Waals surface area contributed by atoms with Crippen LogP contribution in [0.1, 0.15) is 52.7 Å². The van der Waals surface area contributed by atoms with Gasteiger partial charge in [0.05, 0.1) is 5.60 Å². The van der Waals surface area contributed by atoms with E-state index in [9.17, 15) is 9.90 Å². The highest BCUT2D eigenvalue weighted by Gasteiger charge is 2.52. The van der Waals surface area contributed by atoms with Gasteiger partial charge in [0.15, 0.2) is 0 Å². The first-order valence-electron chi connectivity index (χ1n) is 12.5. The lowest BCUT2D eigenvalue weighted by atomic mass is 9.82. The number of aliphatic hydroxyl groups is 1. The Labute approximate surface area is 201 Å². The van der Waals surface area contributed by atoms with Crippen molar-refractivity contribution in [2.75, 3.05) is 32.7 Å². The Morgan fingerprint density at radius 1 is 1.03 bits per heavy atom. The molecule has 7 nitrogen and oxygen atoms in total. The second kappa shape index (κ2) is 9.88. The summed E-state index contributed by atoms with van der Waals surface area (Å²) in [6.45, 7) is 6.24. The summed E-state index contributed by atoms with van der Waals surface area (Å²) in [6.07, 6.45) is 5.61. The van der Waals surface area contributed by atoms with Crippen molar-refractivity contribution < 1.29 is 9.90 Å². The number of carbonyl (C=O) groups is 1. The minimum absolute atomic E-state index is 0.244. The number of rotatable bonds is 7. The molecule has 2 aliphatic heterocycles. The lowest BCUT2D eigenvalue weighted by Gasteiger charge is -2.31. The predicted octanol–water partition coefficient (Wildman–Crippen LogP) is 4.51. The fourth-order valence-electron chi connectivity index (χ4n) is 6.24. The summed E-state index contributed by atoms with van der Waals surface area (Å²) in [7, 11) is 0. The molecule has 7 heteroatoms. The van der Waals surface area contributed by atoms with Gasteiger partial charge in [0.1, 0.15) is 0 Å². The van der Waals surface area contributed by atoms with Crippen LogP contribution >= 0.6 is 0 Å². The molecular weight excluding hydrogens is 426 g/mol. The van der Waals surface area contributed by atoms with E-state index in [4.69, 9.17) is 5.53 Å². The summed E-state index contributed by atoms with van der Waals surface area (Å²) in [6, 6.07) is 16.0. The predicted molar refractivity (Wildman–Crippen MR) is 131 cm³/mol. The summed E-state index contributed by atoms with van der Waals surface area (Å²) in [4.78, 5) is 19.2. The molecule has 5 rings (SSSR count). The Kier molecular flexibility index (Phi) is 6.70. The zero-order valence-electron chi connectivity index (χ0n) is 19.6. The number of hydrogen-bond donors (Lipinski definition) is 1. The Bertz CT molecular complexity index is 1060. The van der Waals surface area contributed by atoms with E-state index >= 15 is 0 Å². The van der Waals surface area contributed by atoms with E-state index < -0.39 is 11.5 Å². The number of hydrogen-bond acceptors (Lipinski definition) is 4. The molecule has 0 radical (unpaired) electrons. The van der Waals surface area contributed by atoms with Gasteiger partial charge in [0, 0.05) is 42.6 Å². The van der Waals surface area contributed by atoms with Crippen molar-refractivity contribution in [1.29, 1.82) is 0 Å². The minimum Gasteiger partial charge on any atom is -0.385 e. The van der Waals surface area contributed by atoms with Crippen molar-refractivity contribution in [1.82, 2.24) is 9.80 Å². The van der Waals surface area contributed by atoms with Crippen LogP contribution in [-0.2, 0) is 18.6 Å². The quantitative estimate of drug-likeness (QED) is 0.375. The molecule has 3 fully saturated rings. The first kappa shape index (κ1) is 23.1. The van der Waals surface area contributed by atoms with Crippen LogP contribution in [-0.4, -0.2) is 53.5 Å². The Hall–Kier alpha value is -2.70. The molecule has 1 amide bonds. The molecule has 3 unspecified atom stereocenters. The van der Waals surface area contributed by atoms with Gasteiger partial charge in [-0.25, -0.2) is 0 Å². The summed E-state index contributed by atoms with van der Waals surface area (Å²) in [5, 5.41) is 14.9. The van der Waals surface area contributed by atoms with E-state index in [0.29, 0.717) is 11.5 Å². The van der Waals surface area contributed by atoms with E-state index in [-0.39, 0.29) is 5.92 Å². The maximum atomic E-state index is 11.7. The minimum atomic E-state index is -0.752. The highest BCUT2D eigenvalue weighted by Crippen LogP contribution is 2.50. The molecule has 3 aliphatic rings. The second-order valence-electron chi connectivity index (χ2n) is 10.2.